The quantitative estimate of drug-likeness (QED) is 0.863. The van der Waals surface area contributed by atoms with E-state index in [1.165, 1.54) is 5.56 Å². The van der Waals surface area contributed by atoms with Crippen LogP contribution < -0.4 is 14.8 Å². The van der Waals surface area contributed by atoms with Crippen molar-refractivity contribution in [1.82, 2.24) is 15.1 Å². The van der Waals surface area contributed by atoms with E-state index in [0.29, 0.717) is 26.1 Å². The van der Waals surface area contributed by atoms with Crippen LogP contribution in [-0.4, -0.2) is 35.9 Å². The summed E-state index contributed by atoms with van der Waals surface area (Å²) in [5, 5.41) is 7.51. The highest BCUT2D eigenvalue weighted by atomic mass is 16.5. The Labute approximate surface area is 154 Å². The number of fused-ring (bicyclic) bond motifs is 1. The van der Waals surface area contributed by atoms with Gasteiger partial charge in [0.05, 0.1) is 19.4 Å². The molecule has 26 heavy (non-hydrogen) atoms. The Morgan fingerprint density at radius 1 is 1.38 bits per heavy atom. The number of hydrogen-bond donors (Lipinski definition) is 1. The normalized spacial score (nSPS) is 15.9. The third-order valence-corrected chi connectivity index (χ3v) is 5.14. The van der Waals surface area contributed by atoms with Crippen LogP contribution in [0.1, 0.15) is 28.9 Å². The van der Waals surface area contributed by atoms with Crippen LogP contribution in [0, 0.1) is 26.7 Å². The maximum absolute atomic E-state index is 12.2. The van der Waals surface area contributed by atoms with Gasteiger partial charge in [-0.25, -0.2) is 0 Å². The number of hydrogen-bond acceptors (Lipinski definition) is 4. The molecule has 6 heteroatoms. The zero-order valence-electron chi connectivity index (χ0n) is 16.0. The smallest absolute Gasteiger partial charge is 0.221 e. The Hall–Kier alpha value is -2.50. The van der Waals surface area contributed by atoms with Gasteiger partial charge in [0, 0.05) is 37.2 Å². The van der Waals surface area contributed by atoms with Gasteiger partial charge >= 0.3 is 0 Å². The third kappa shape index (κ3) is 4.00. The molecule has 0 fully saturated rings. The van der Waals surface area contributed by atoms with Gasteiger partial charge in [-0.3, -0.25) is 9.48 Å². The van der Waals surface area contributed by atoms with E-state index in [2.05, 4.69) is 17.3 Å². The lowest BCUT2D eigenvalue weighted by molar-refractivity contribution is -0.121. The van der Waals surface area contributed by atoms with Gasteiger partial charge in [-0.1, -0.05) is 6.07 Å². The largest absolute Gasteiger partial charge is 0.497 e. The van der Waals surface area contributed by atoms with E-state index >= 15 is 0 Å². The average Bonchev–Trinajstić information content (AvgIpc) is 2.90. The number of rotatable bonds is 6. The van der Waals surface area contributed by atoms with E-state index in [4.69, 9.17) is 9.47 Å². The number of benzene rings is 1. The second kappa shape index (κ2) is 7.81. The van der Waals surface area contributed by atoms with Crippen LogP contribution in [-0.2, 0) is 17.8 Å². The van der Waals surface area contributed by atoms with Crippen LogP contribution in [0.2, 0.25) is 0 Å². The number of nitrogens with one attached hydrogen (secondary N) is 1. The highest BCUT2D eigenvalue weighted by Crippen LogP contribution is 2.30. The van der Waals surface area contributed by atoms with Crippen molar-refractivity contribution in [3.8, 4) is 11.5 Å². The van der Waals surface area contributed by atoms with Gasteiger partial charge < -0.3 is 14.8 Å². The first-order valence-corrected chi connectivity index (χ1v) is 9.05. The van der Waals surface area contributed by atoms with Crippen molar-refractivity contribution in [2.24, 2.45) is 5.92 Å². The van der Waals surface area contributed by atoms with Gasteiger partial charge in [0.15, 0.2) is 0 Å². The van der Waals surface area contributed by atoms with E-state index in [-0.39, 0.29) is 11.8 Å². The maximum Gasteiger partial charge on any atom is 0.221 e. The van der Waals surface area contributed by atoms with Gasteiger partial charge in [0.2, 0.25) is 5.91 Å². The molecule has 2 heterocycles. The first-order valence-electron chi connectivity index (χ1n) is 9.05. The number of aryl methyl sites for hydroxylation is 2. The van der Waals surface area contributed by atoms with Gasteiger partial charge in [0.1, 0.15) is 11.5 Å². The summed E-state index contributed by atoms with van der Waals surface area (Å²) in [7, 11) is 1.65. The standard InChI is InChI=1S/C20H27N3O3/c1-13-14(2)22-23(15(13)3)8-7-20(24)21-11-16-9-17-5-6-18(25-4)10-19(17)26-12-16/h5-6,10,16H,7-9,11-12H2,1-4H3,(H,21,24). The molecular formula is C20H27N3O3. The van der Waals surface area contributed by atoms with Crippen LogP contribution >= 0.6 is 0 Å². The van der Waals surface area contributed by atoms with Crippen molar-refractivity contribution < 1.29 is 14.3 Å². The molecular weight excluding hydrogens is 330 g/mol. The molecule has 0 aliphatic carbocycles. The summed E-state index contributed by atoms with van der Waals surface area (Å²) in [4.78, 5) is 12.2. The van der Waals surface area contributed by atoms with Crippen molar-refractivity contribution in [3.63, 3.8) is 0 Å². The van der Waals surface area contributed by atoms with Crippen LogP contribution in [0.4, 0.5) is 0 Å². The van der Waals surface area contributed by atoms with E-state index < -0.39 is 0 Å². The fourth-order valence-electron chi connectivity index (χ4n) is 3.23. The summed E-state index contributed by atoms with van der Waals surface area (Å²) in [6, 6.07) is 5.90. The minimum Gasteiger partial charge on any atom is -0.497 e. The summed E-state index contributed by atoms with van der Waals surface area (Å²) in [5.74, 6) is 2.02. The zero-order valence-corrected chi connectivity index (χ0v) is 16.0. The molecule has 0 spiro atoms. The molecule has 1 atom stereocenters. The molecule has 0 saturated carbocycles. The molecule has 0 saturated heterocycles. The third-order valence-electron chi connectivity index (χ3n) is 5.14. The van der Waals surface area contributed by atoms with Crippen LogP contribution in [0.25, 0.3) is 0 Å². The number of ether oxygens (including phenoxy) is 2. The molecule has 3 rings (SSSR count). The lowest BCUT2D eigenvalue weighted by Gasteiger charge is -2.25. The highest BCUT2D eigenvalue weighted by Gasteiger charge is 2.21. The first kappa shape index (κ1) is 18.3. The maximum atomic E-state index is 12.2. The molecule has 1 N–H and O–H groups in total. The Bertz CT molecular complexity index is 798. The summed E-state index contributed by atoms with van der Waals surface area (Å²) < 4.78 is 13.0. The molecule has 1 aliphatic heterocycles. The Balaban J connectivity index is 1.47. The van der Waals surface area contributed by atoms with Gasteiger partial charge in [-0.2, -0.15) is 5.10 Å². The van der Waals surface area contributed by atoms with Gasteiger partial charge in [0.25, 0.3) is 0 Å². The summed E-state index contributed by atoms with van der Waals surface area (Å²) in [6.45, 7) is 7.94. The lowest BCUT2D eigenvalue weighted by Crippen LogP contribution is -2.35. The van der Waals surface area contributed by atoms with Gasteiger partial charge in [-0.05, 0) is 44.4 Å². The van der Waals surface area contributed by atoms with Crippen molar-refractivity contribution >= 4 is 5.91 Å². The number of carbonyl (C=O) groups is 1. The second-order valence-electron chi connectivity index (χ2n) is 6.93. The lowest BCUT2D eigenvalue weighted by atomic mass is 9.96. The van der Waals surface area contributed by atoms with Crippen LogP contribution in [0.15, 0.2) is 18.2 Å². The van der Waals surface area contributed by atoms with Crippen LogP contribution in [0.5, 0.6) is 11.5 Å². The molecule has 140 valence electrons. The second-order valence-corrected chi connectivity index (χ2v) is 6.93. The zero-order chi connectivity index (χ0) is 18.7. The number of nitrogens with zero attached hydrogens (tertiary/aromatic N) is 2. The first-order chi connectivity index (χ1) is 12.5. The van der Waals surface area contributed by atoms with Crippen molar-refractivity contribution in [1.29, 1.82) is 0 Å². The molecule has 2 aromatic rings. The van der Waals surface area contributed by atoms with Gasteiger partial charge in [-0.15, -0.1) is 0 Å². The molecule has 0 bridgehead atoms. The number of aromatic nitrogens is 2. The highest BCUT2D eigenvalue weighted by molar-refractivity contribution is 5.75. The predicted molar refractivity (Wildman–Crippen MR) is 99.7 cm³/mol. The van der Waals surface area contributed by atoms with Crippen molar-refractivity contribution in [2.75, 3.05) is 20.3 Å². The minimum atomic E-state index is 0.0516. The molecule has 1 aromatic heterocycles. The topological polar surface area (TPSA) is 65.4 Å². The Kier molecular flexibility index (Phi) is 5.49. The summed E-state index contributed by atoms with van der Waals surface area (Å²) in [5.41, 5.74) is 4.51. The fourth-order valence-corrected chi connectivity index (χ4v) is 3.23. The molecule has 1 aliphatic rings. The monoisotopic (exact) mass is 357 g/mol. The van der Waals surface area contributed by atoms with E-state index in [1.54, 1.807) is 7.11 Å². The predicted octanol–water partition coefficient (Wildman–Crippen LogP) is 2.57. The molecule has 1 unspecified atom stereocenters. The SMILES string of the molecule is COc1ccc2c(c1)OCC(CNC(=O)CCn1nc(C)c(C)c1C)C2. The van der Waals surface area contributed by atoms with Crippen molar-refractivity contribution in [3.05, 3.63) is 40.7 Å². The number of methoxy groups -OCH3 is 1. The van der Waals surface area contributed by atoms with Crippen LogP contribution in [0.3, 0.4) is 0 Å². The Morgan fingerprint density at radius 2 is 2.19 bits per heavy atom. The molecule has 1 aromatic carbocycles. The van der Waals surface area contributed by atoms with E-state index in [0.717, 1.165) is 34.9 Å². The van der Waals surface area contributed by atoms with E-state index in [9.17, 15) is 4.79 Å². The summed E-state index contributed by atoms with van der Waals surface area (Å²) >= 11 is 0. The molecule has 0 radical (unpaired) electrons. The minimum absolute atomic E-state index is 0.0516. The fraction of sp³-hybridized carbons (Fsp3) is 0.500. The number of amides is 1. The Morgan fingerprint density at radius 3 is 2.88 bits per heavy atom. The molecule has 6 nitrogen and oxygen atoms in total. The van der Waals surface area contributed by atoms with Crippen molar-refractivity contribution in [2.45, 2.75) is 40.2 Å². The number of carbonyl (C=O) groups excluding carboxylic acids is 1. The van der Waals surface area contributed by atoms with E-state index in [1.807, 2.05) is 36.7 Å². The average molecular weight is 357 g/mol. The summed E-state index contributed by atoms with van der Waals surface area (Å²) in [6.07, 6.45) is 1.33. The molecule has 1 amide bonds.